The number of fused-ring (bicyclic) bond motifs is 1. The van der Waals surface area contributed by atoms with E-state index in [1.165, 1.54) is 6.07 Å². The number of aryl methyl sites for hydroxylation is 1. The van der Waals surface area contributed by atoms with Crippen molar-refractivity contribution in [3.63, 3.8) is 0 Å². The highest BCUT2D eigenvalue weighted by Gasteiger charge is 2.12. The lowest BCUT2D eigenvalue weighted by atomic mass is 10.1. The number of ketones is 1. The largest absolute Gasteiger partial charge is 0.461 e. The molecule has 0 unspecified atom stereocenters. The molecule has 138 valence electrons. The Hall–Kier alpha value is -3.21. The van der Waals surface area contributed by atoms with Crippen LogP contribution in [0.5, 0.6) is 0 Å². The van der Waals surface area contributed by atoms with Crippen molar-refractivity contribution in [1.82, 2.24) is 0 Å². The third-order valence-corrected chi connectivity index (χ3v) is 4.34. The minimum absolute atomic E-state index is 0.00686. The molecule has 0 radical (unpaired) electrons. The van der Waals surface area contributed by atoms with Gasteiger partial charge in [-0.15, -0.1) is 0 Å². The summed E-state index contributed by atoms with van der Waals surface area (Å²) in [5, 5.41) is 0.736. The molecule has 0 fully saturated rings. The fourth-order valence-electron chi connectivity index (χ4n) is 2.83. The third-order valence-electron chi connectivity index (χ3n) is 4.34. The van der Waals surface area contributed by atoms with Crippen molar-refractivity contribution in [2.75, 3.05) is 0 Å². The highest BCUT2D eigenvalue weighted by Crippen LogP contribution is 2.20. The molecule has 0 aliphatic heterocycles. The van der Waals surface area contributed by atoms with Crippen molar-refractivity contribution in [3.8, 4) is 0 Å². The summed E-state index contributed by atoms with van der Waals surface area (Å²) in [6.07, 6.45) is 0.905. The van der Waals surface area contributed by atoms with Gasteiger partial charge >= 0.3 is 11.6 Å². The molecule has 1 heterocycles. The summed E-state index contributed by atoms with van der Waals surface area (Å²) in [6.45, 7) is 1.98. The fourth-order valence-corrected chi connectivity index (χ4v) is 2.83. The molecule has 5 heteroatoms. The van der Waals surface area contributed by atoms with Gasteiger partial charge in [-0.05, 0) is 18.1 Å². The quantitative estimate of drug-likeness (QED) is 0.359. The van der Waals surface area contributed by atoms with Crippen LogP contribution in [0.15, 0.2) is 63.8 Å². The lowest BCUT2D eigenvalue weighted by Crippen LogP contribution is -2.10. The molecule has 0 saturated carbocycles. The summed E-state index contributed by atoms with van der Waals surface area (Å²) in [5.41, 5.74) is 2.21. The molecule has 2 aromatic carbocycles. The monoisotopic (exact) mass is 364 g/mol. The van der Waals surface area contributed by atoms with Crippen LogP contribution < -0.4 is 5.63 Å². The molecule has 0 bridgehead atoms. The van der Waals surface area contributed by atoms with Crippen LogP contribution in [0.2, 0.25) is 0 Å². The van der Waals surface area contributed by atoms with E-state index in [1.54, 1.807) is 24.3 Å². The van der Waals surface area contributed by atoms with Gasteiger partial charge in [-0.25, -0.2) is 4.79 Å². The number of rotatable bonds is 7. The Morgan fingerprint density at radius 3 is 2.52 bits per heavy atom. The van der Waals surface area contributed by atoms with Crippen LogP contribution in [-0.2, 0) is 22.6 Å². The number of carbonyl (C=O) groups excluding carboxylic acids is 2. The standard InChI is InChI=1S/C22H20O5/c1-2-15-8-9-18-17(13-22(25)27-20(18)12-15)14-26-21(24)11-10-19(23)16-6-4-3-5-7-16/h3-9,12-13H,2,10-11,14H2,1H3. The van der Waals surface area contributed by atoms with Crippen molar-refractivity contribution in [3.05, 3.63) is 81.7 Å². The van der Waals surface area contributed by atoms with Crippen LogP contribution in [-0.4, -0.2) is 11.8 Å². The van der Waals surface area contributed by atoms with Crippen molar-refractivity contribution in [1.29, 1.82) is 0 Å². The third kappa shape index (κ3) is 4.70. The summed E-state index contributed by atoms with van der Waals surface area (Å²) in [4.78, 5) is 35.8. The van der Waals surface area contributed by atoms with E-state index in [0.717, 1.165) is 17.4 Å². The Morgan fingerprint density at radius 1 is 1.00 bits per heavy atom. The van der Waals surface area contributed by atoms with E-state index in [2.05, 4.69) is 0 Å². The van der Waals surface area contributed by atoms with Gasteiger partial charge in [0.1, 0.15) is 12.2 Å². The maximum absolute atomic E-state index is 12.0. The molecule has 0 N–H and O–H groups in total. The first-order chi connectivity index (χ1) is 13.1. The van der Waals surface area contributed by atoms with Crippen molar-refractivity contribution in [2.45, 2.75) is 32.8 Å². The summed E-state index contributed by atoms with van der Waals surface area (Å²) in [7, 11) is 0. The van der Waals surface area contributed by atoms with Gasteiger partial charge in [0.2, 0.25) is 0 Å². The summed E-state index contributed by atoms with van der Waals surface area (Å²) < 4.78 is 10.5. The van der Waals surface area contributed by atoms with Crippen molar-refractivity contribution in [2.24, 2.45) is 0 Å². The zero-order valence-electron chi connectivity index (χ0n) is 15.1. The van der Waals surface area contributed by atoms with Crippen LogP contribution in [0.1, 0.15) is 41.3 Å². The maximum Gasteiger partial charge on any atom is 0.336 e. The van der Waals surface area contributed by atoms with Gasteiger partial charge in [0.05, 0.1) is 6.42 Å². The lowest BCUT2D eigenvalue weighted by molar-refractivity contribution is -0.144. The molecule has 0 aliphatic rings. The molecular formula is C22H20O5. The van der Waals surface area contributed by atoms with Crippen molar-refractivity contribution < 1.29 is 18.7 Å². The second-order valence-electron chi connectivity index (χ2n) is 6.22. The van der Waals surface area contributed by atoms with E-state index < -0.39 is 11.6 Å². The summed E-state index contributed by atoms with van der Waals surface area (Å²) in [5.74, 6) is -0.587. The van der Waals surface area contributed by atoms with E-state index in [-0.39, 0.29) is 25.2 Å². The Bertz CT molecular complexity index is 1020. The normalized spacial score (nSPS) is 10.7. The topological polar surface area (TPSA) is 73.6 Å². The van der Waals surface area contributed by atoms with E-state index >= 15 is 0 Å². The molecule has 0 aliphatic carbocycles. The zero-order valence-corrected chi connectivity index (χ0v) is 15.1. The molecule has 5 nitrogen and oxygen atoms in total. The summed E-state index contributed by atoms with van der Waals surface area (Å²) in [6, 6.07) is 15.8. The Labute approximate surface area is 156 Å². The van der Waals surface area contributed by atoms with Crippen LogP contribution in [0.25, 0.3) is 11.0 Å². The SMILES string of the molecule is CCc1ccc2c(COC(=O)CCC(=O)c3ccccc3)cc(=O)oc2c1. The molecule has 1 aromatic heterocycles. The lowest BCUT2D eigenvalue weighted by Gasteiger charge is -2.08. The van der Waals surface area contributed by atoms with Crippen molar-refractivity contribution >= 4 is 22.7 Å². The second-order valence-corrected chi connectivity index (χ2v) is 6.22. The first-order valence-electron chi connectivity index (χ1n) is 8.86. The van der Waals surface area contributed by atoms with E-state index in [9.17, 15) is 14.4 Å². The minimum Gasteiger partial charge on any atom is -0.461 e. The number of hydrogen-bond donors (Lipinski definition) is 0. The average Bonchev–Trinajstić information content (AvgIpc) is 2.70. The van der Waals surface area contributed by atoms with Gasteiger partial charge in [-0.1, -0.05) is 49.4 Å². The van der Waals surface area contributed by atoms with Crippen LogP contribution in [0.3, 0.4) is 0 Å². The minimum atomic E-state index is -0.485. The zero-order chi connectivity index (χ0) is 19.2. The van der Waals surface area contributed by atoms with Gasteiger partial charge in [0.15, 0.2) is 5.78 Å². The molecule has 3 rings (SSSR count). The number of ether oxygens (including phenoxy) is 1. The van der Waals surface area contributed by atoms with Gasteiger partial charge in [-0.2, -0.15) is 0 Å². The number of carbonyl (C=O) groups is 2. The smallest absolute Gasteiger partial charge is 0.336 e. The van der Waals surface area contributed by atoms with E-state index in [1.807, 2.05) is 31.2 Å². The van der Waals surface area contributed by atoms with Crippen LogP contribution in [0.4, 0.5) is 0 Å². The Balaban J connectivity index is 1.63. The number of esters is 1. The van der Waals surface area contributed by atoms with Gasteiger partial charge in [0, 0.05) is 29.0 Å². The Morgan fingerprint density at radius 2 is 1.78 bits per heavy atom. The van der Waals surface area contributed by atoms with E-state index in [4.69, 9.17) is 9.15 Å². The first-order valence-corrected chi connectivity index (χ1v) is 8.86. The van der Waals surface area contributed by atoms with Crippen LogP contribution in [0, 0.1) is 0 Å². The number of Topliss-reactive ketones (excluding diaryl/α,β-unsaturated/α-hetero) is 1. The molecule has 0 saturated heterocycles. The predicted octanol–water partition coefficient (Wildman–Crippen LogP) is 4.06. The number of hydrogen-bond acceptors (Lipinski definition) is 5. The molecule has 0 spiro atoms. The summed E-state index contributed by atoms with van der Waals surface area (Å²) >= 11 is 0. The average molecular weight is 364 g/mol. The second kappa shape index (κ2) is 8.45. The highest BCUT2D eigenvalue weighted by atomic mass is 16.5. The van der Waals surface area contributed by atoms with Gasteiger partial charge in [0.25, 0.3) is 0 Å². The molecular weight excluding hydrogens is 344 g/mol. The highest BCUT2D eigenvalue weighted by molar-refractivity contribution is 5.97. The molecule has 27 heavy (non-hydrogen) atoms. The number of benzene rings is 2. The van der Waals surface area contributed by atoms with E-state index in [0.29, 0.717) is 16.7 Å². The first kappa shape index (κ1) is 18.6. The fraction of sp³-hybridized carbons (Fsp3) is 0.227. The molecule has 3 aromatic rings. The predicted molar refractivity (Wildman–Crippen MR) is 102 cm³/mol. The van der Waals surface area contributed by atoms with Gasteiger partial charge < -0.3 is 9.15 Å². The maximum atomic E-state index is 12.0. The molecule has 0 amide bonds. The van der Waals surface area contributed by atoms with Gasteiger partial charge in [-0.3, -0.25) is 9.59 Å². The Kier molecular flexibility index (Phi) is 5.81. The molecule has 0 atom stereocenters. The van der Waals surface area contributed by atoms with Crippen LogP contribution >= 0.6 is 0 Å².